The van der Waals surface area contributed by atoms with Crippen molar-refractivity contribution in [2.45, 2.75) is 63.8 Å². The van der Waals surface area contributed by atoms with Crippen LogP contribution in [0.5, 0.6) is 0 Å². The summed E-state index contributed by atoms with van der Waals surface area (Å²) >= 11 is 0. The van der Waals surface area contributed by atoms with Crippen molar-refractivity contribution in [1.29, 1.82) is 0 Å². The van der Waals surface area contributed by atoms with Crippen LogP contribution in [-0.4, -0.2) is 51.7 Å². The lowest BCUT2D eigenvalue weighted by molar-refractivity contribution is -0.132. The van der Waals surface area contributed by atoms with Crippen molar-refractivity contribution in [3.8, 4) is 0 Å². The predicted molar refractivity (Wildman–Crippen MR) is 129 cm³/mol. The molecule has 2 N–H and O–H groups in total. The smallest absolute Gasteiger partial charge is 0.273 e. The first-order chi connectivity index (χ1) is 16.6. The number of hydrogen-bond donors (Lipinski definition) is 2. The van der Waals surface area contributed by atoms with Gasteiger partial charge >= 0.3 is 0 Å². The lowest BCUT2D eigenvalue weighted by Crippen LogP contribution is -2.46. The third-order valence-corrected chi connectivity index (χ3v) is 6.77. The number of aromatic nitrogens is 2. The summed E-state index contributed by atoms with van der Waals surface area (Å²) in [5, 5.41) is 5.79. The zero-order chi connectivity index (χ0) is 23.8. The summed E-state index contributed by atoms with van der Waals surface area (Å²) in [6.07, 6.45) is 10.5. The number of likely N-dealkylation sites (tertiary alicyclic amines) is 1. The SMILES string of the molecule is O=C(CC1CCCC1)Nc1nccnc1C(=O)NC1CCN(C(=O)CCc2ccccc2)CC1. The van der Waals surface area contributed by atoms with Gasteiger partial charge in [0, 0.05) is 44.4 Å². The number of anilines is 1. The third kappa shape index (κ3) is 6.62. The van der Waals surface area contributed by atoms with Crippen molar-refractivity contribution >= 4 is 23.5 Å². The number of carbonyl (C=O) groups is 3. The van der Waals surface area contributed by atoms with Crippen LogP contribution in [-0.2, 0) is 16.0 Å². The predicted octanol–water partition coefficient (Wildman–Crippen LogP) is 3.35. The van der Waals surface area contributed by atoms with Gasteiger partial charge in [-0.2, -0.15) is 0 Å². The van der Waals surface area contributed by atoms with Crippen molar-refractivity contribution < 1.29 is 14.4 Å². The van der Waals surface area contributed by atoms with E-state index in [1.807, 2.05) is 35.2 Å². The van der Waals surface area contributed by atoms with Crippen LogP contribution in [0.4, 0.5) is 5.82 Å². The molecular formula is C26H33N5O3. The summed E-state index contributed by atoms with van der Waals surface area (Å²) in [4.78, 5) is 48.1. The molecular weight excluding hydrogens is 430 g/mol. The number of piperidine rings is 1. The van der Waals surface area contributed by atoms with Gasteiger partial charge in [0.25, 0.3) is 5.91 Å². The van der Waals surface area contributed by atoms with Gasteiger partial charge in [-0.05, 0) is 43.6 Å². The van der Waals surface area contributed by atoms with Gasteiger partial charge in [-0.1, -0.05) is 43.2 Å². The van der Waals surface area contributed by atoms with E-state index in [9.17, 15) is 14.4 Å². The molecule has 1 aromatic heterocycles. The van der Waals surface area contributed by atoms with E-state index in [0.717, 1.165) is 24.8 Å². The average molecular weight is 464 g/mol. The van der Waals surface area contributed by atoms with Crippen LogP contribution < -0.4 is 10.6 Å². The summed E-state index contributed by atoms with van der Waals surface area (Å²) < 4.78 is 0. The van der Waals surface area contributed by atoms with E-state index in [-0.39, 0.29) is 35.3 Å². The largest absolute Gasteiger partial charge is 0.348 e. The summed E-state index contributed by atoms with van der Waals surface area (Å²) in [6, 6.07) is 9.96. The van der Waals surface area contributed by atoms with Crippen LogP contribution in [0.1, 0.15) is 67.4 Å². The third-order valence-electron chi connectivity index (χ3n) is 6.77. The Morgan fingerprint density at radius 2 is 1.65 bits per heavy atom. The van der Waals surface area contributed by atoms with Crippen LogP contribution in [0.15, 0.2) is 42.7 Å². The fourth-order valence-corrected chi connectivity index (χ4v) is 4.84. The average Bonchev–Trinajstić information content (AvgIpc) is 3.37. The molecule has 34 heavy (non-hydrogen) atoms. The second-order valence-electron chi connectivity index (χ2n) is 9.27. The molecule has 180 valence electrons. The van der Waals surface area contributed by atoms with Gasteiger partial charge in [-0.3, -0.25) is 14.4 Å². The maximum atomic E-state index is 12.9. The van der Waals surface area contributed by atoms with E-state index in [0.29, 0.717) is 44.7 Å². The lowest BCUT2D eigenvalue weighted by Gasteiger charge is -2.32. The summed E-state index contributed by atoms with van der Waals surface area (Å²) in [5.41, 5.74) is 1.29. The molecule has 1 aromatic carbocycles. The minimum absolute atomic E-state index is 0.0466. The Balaban J connectivity index is 1.24. The molecule has 2 fully saturated rings. The van der Waals surface area contributed by atoms with Gasteiger partial charge in [-0.25, -0.2) is 9.97 Å². The molecule has 0 unspecified atom stereocenters. The van der Waals surface area contributed by atoms with Gasteiger partial charge in [-0.15, -0.1) is 0 Å². The zero-order valence-corrected chi connectivity index (χ0v) is 19.5. The molecule has 1 aliphatic carbocycles. The van der Waals surface area contributed by atoms with E-state index in [2.05, 4.69) is 20.6 Å². The van der Waals surface area contributed by atoms with Gasteiger partial charge in [0.15, 0.2) is 11.5 Å². The summed E-state index contributed by atoms with van der Waals surface area (Å²) in [5.74, 6) is 0.294. The first kappa shape index (κ1) is 23.9. The van der Waals surface area contributed by atoms with E-state index >= 15 is 0 Å². The summed E-state index contributed by atoms with van der Waals surface area (Å²) in [7, 11) is 0. The molecule has 2 aromatic rings. The van der Waals surface area contributed by atoms with Gasteiger partial charge in [0.2, 0.25) is 11.8 Å². The van der Waals surface area contributed by atoms with Crippen molar-refractivity contribution in [3.05, 3.63) is 54.0 Å². The van der Waals surface area contributed by atoms with Gasteiger partial charge in [0.05, 0.1) is 0 Å². The number of nitrogens with zero attached hydrogens (tertiary/aromatic N) is 3. The van der Waals surface area contributed by atoms with Crippen LogP contribution in [0.25, 0.3) is 0 Å². The first-order valence-electron chi connectivity index (χ1n) is 12.3. The molecule has 2 aliphatic rings. The summed E-state index contributed by atoms with van der Waals surface area (Å²) in [6.45, 7) is 1.23. The Morgan fingerprint density at radius 3 is 2.38 bits per heavy atom. The van der Waals surface area contributed by atoms with Crippen molar-refractivity contribution in [2.75, 3.05) is 18.4 Å². The highest BCUT2D eigenvalue weighted by atomic mass is 16.2. The molecule has 8 nitrogen and oxygen atoms in total. The highest BCUT2D eigenvalue weighted by molar-refractivity contribution is 6.01. The standard InChI is InChI=1S/C26H33N5O3/c32-22(18-20-8-4-5-9-20)30-25-24(27-14-15-28-25)26(34)29-21-12-16-31(17-13-21)23(33)11-10-19-6-2-1-3-7-19/h1-3,6-7,14-15,20-21H,4-5,8-13,16-18H2,(H,29,34)(H,28,30,32). The van der Waals surface area contributed by atoms with E-state index < -0.39 is 0 Å². The lowest BCUT2D eigenvalue weighted by atomic mass is 10.0. The molecule has 0 bridgehead atoms. The first-order valence-corrected chi connectivity index (χ1v) is 12.3. The fraction of sp³-hybridized carbons (Fsp3) is 0.500. The molecule has 0 atom stereocenters. The number of rotatable bonds is 8. The highest BCUT2D eigenvalue weighted by Crippen LogP contribution is 2.27. The van der Waals surface area contributed by atoms with Gasteiger partial charge < -0.3 is 15.5 Å². The molecule has 1 saturated heterocycles. The maximum absolute atomic E-state index is 12.9. The number of aryl methyl sites for hydroxylation is 1. The number of carbonyl (C=O) groups excluding carboxylic acids is 3. The Kier molecular flexibility index (Phi) is 8.22. The molecule has 4 rings (SSSR count). The topological polar surface area (TPSA) is 104 Å². The van der Waals surface area contributed by atoms with Crippen LogP contribution in [0.2, 0.25) is 0 Å². The maximum Gasteiger partial charge on any atom is 0.273 e. The molecule has 0 radical (unpaired) electrons. The molecule has 1 aliphatic heterocycles. The van der Waals surface area contributed by atoms with Crippen molar-refractivity contribution in [2.24, 2.45) is 5.92 Å². The number of hydrogen-bond acceptors (Lipinski definition) is 5. The molecule has 0 spiro atoms. The van der Waals surface area contributed by atoms with Crippen LogP contribution in [0, 0.1) is 5.92 Å². The molecule has 2 heterocycles. The van der Waals surface area contributed by atoms with E-state index in [4.69, 9.17) is 0 Å². The van der Waals surface area contributed by atoms with Gasteiger partial charge in [0.1, 0.15) is 0 Å². The molecule has 3 amide bonds. The van der Waals surface area contributed by atoms with Crippen LogP contribution in [0.3, 0.4) is 0 Å². The van der Waals surface area contributed by atoms with Crippen molar-refractivity contribution in [3.63, 3.8) is 0 Å². The molecule has 1 saturated carbocycles. The minimum atomic E-state index is -0.349. The minimum Gasteiger partial charge on any atom is -0.348 e. The van der Waals surface area contributed by atoms with Crippen LogP contribution >= 0.6 is 0 Å². The molecule has 8 heteroatoms. The number of nitrogens with one attached hydrogen (secondary N) is 2. The van der Waals surface area contributed by atoms with E-state index in [1.165, 1.54) is 25.2 Å². The number of benzene rings is 1. The Labute approximate surface area is 200 Å². The Morgan fingerprint density at radius 1 is 0.941 bits per heavy atom. The quantitative estimate of drug-likeness (QED) is 0.625. The Bertz CT molecular complexity index is 983. The van der Waals surface area contributed by atoms with E-state index in [1.54, 1.807) is 0 Å². The monoisotopic (exact) mass is 463 g/mol. The zero-order valence-electron chi connectivity index (χ0n) is 19.5. The number of amides is 3. The normalized spacial score (nSPS) is 16.9. The second kappa shape index (κ2) is 11.7. The second-order valence-corrected chi connectivity index (χ2v) is 9.27. The highest BCUT2D eigenvalue weighted by Gasteiger charge is 2.26. The Hall–Kier alpha value is -3.29. The fourth-order valence-electron chi connectivity index (χ4n) is 4.84. The van der Waals surface area contributed by atoms with Crippen molar-refractivity contribution in [1.82, 2.24) is 20.2 Å².